The van der Waals surface area contributed by atoms with Gasteiger partial charge in [-0.25, -0.2) is 17.4 Å². The van der Waals surface area contributed by atoms with Crippen molar-refractivity contribution in [3.05, 3.63) is 47.5 Å². The Morgan fingerprint density at radius 2 is 1.97 bits per heavy atom. The number of anilines is 2. The average molecular weight is 456 g/mol. The molecule has 0 spiro atoms. The second-order valence-electron chi connectivity index (χ2n) is 6.57. The molecule has 0 atom stereocenters. The van der Waals surface area contributed by atoms with Gasteiger partial charge in [0.1, 0.15) is 18.0 Å². The molecular formula is C18H21N3O7S2. The predicted molar refractivity (Wildman–Crippen MR) is 111 cm³/mol. The Labute approximate surface area is 174 Å². The van der Waals surface area contributed by atoms with Crippen LogP contribution in [0.25, 0.3) is 0 Å². The molecule has 1 fully saturated rings. The van der Waals surface area contributed by atoms with E-state index in [0.717, 1.165) is 4.31 Å². The highest BCUT2D eigenvalue weighted by atomic mass is 32.2. The van der Waals surface area contributed by atoms with Gasteiger partial charge in [-0.15, -0.1) is 0 Å². The van der Waals surface area contributed by atoms with Crippen LogP contribution in [0.15, 0.2) is 36.4 Å². The van der Waals surface area contributed by atoms with Gasteiger partial charge in [0.25, 0.3) is 5.91 Å². The number of carbonyl (C=O) groups excluding carboxylic acids is 1. The average Bonchev–Trinajstić information content (AvgIpc) is 2.95. The van der Waals surface area contributed by atoms with Crippen molar-refractivity contribution >= 4 is 37.5 Å². The van der Waals surface area contributed by atoms with Gasteiger partial charge in [-0.3, -0.25) is 9.52 Å². The summed E-state index contributed by atoms with van der Waals surface area (Å²) in [5, 5.41) is 10.4. The van der Waals surface area contributed by atoms with Crippen molar-refractivity contribution in [2.24, 2.45) is 0 Å². The van der Waals surface area contributed by atoms with Gasteiger partial charge in [0.15, 0.2) is 0 Å². The largest absolute Gasteiger partial charge is 0.506 e. The molecule has 12 heteroatoms. The lowest BCUT2D eigenvalue weighted by atomic mass is 10.0. The lowest BCUT2D eigenvalue weighted by Crippen LogP contribution is -2.29. The van der Waals surface area contributed by atoms with E-state index in [1.807, 2.05) is 4.72 Å². The Morgan fingerprint density at radius 1 is 1.23 bits per heavy atom. The molecule has 3 rings (SSSR count). The Bertz CT molecular complexity index is 1190. The fourth-order valence-corrected chi connectivity index (χ4v) is 4.80. The molecule has 0 bridgehead atoms. The van der Waals surface area contributed by atoms with Crippen molar-refractivity contribution in [1.29, 1.82) is 0 Å². The molecule has 1 heterocycles. The number of benzene rings is 2. The number of amides is 1. The van der Waals surface area contributed by atoms with Gasteiger partial charge in [0, 0.05) is 0 Å². The third-order valence-corrected chi connectivity index (χ3v) is 7.16. The van der Waals surface area contributed by atoms with Crippen molar-refractivity contribution in [2.75, 3.05) is 28.4 Å². The number of ether oxygens (including phenoxy) is 1. The molecule has 2 aromatic carbocycles. The number of nitrogens with zero attached hydrogens (tertiary/aromatic N) is 1. The van der Waals surface area contributed by atoms with E-state index in [4.69, 9.17) is 4.74 Å². The Morgan fingerprint density at radius 3 is 2.53 bits per heavy atom. The van der Waals surface area contributed by atoms with Gasteiger partial charge < -0.3 is 9.84 Å². The molecule has 1 amide bonds. The van der Waals surface area contributed by atoms with Gasteiger partial charge >= 0.3 is 10.2 Å². The maximum absolute atomic E-state index is 12.0. The fourth-order valence-electron chi connectivity index (χ4n) is 2.95. The third-order valence-electron chi connectivity index (χ3n) is 4.48. The molecule has 0 aromatic heterocycles. The molecule has 10 nitrogen and oxygen atoms in total. The normalized spacial score (nSPS) is 15.7. The van der Waals surface area contributed by atoms with E-state index >= 15 is 0 Å². The summed E-state index contributed by atoms with van der Waals surface area (Å²) in [5.74, 6) is -0.586. The van der Waals surface area contributed by atoms with E-state index in [-0.39, 0.29) is 23.6 Å². The minimum Gasteiger partial charge on any atom is -0.506 e. The number of carbonyl (C=O) groups is 1. The first kappa shape index (κ1) is 21.7. The zero-order valence-corrected chi connectivity index (χ0v) is 17.9. The van der Waals surface area contributed by atoms with Gasteiger partial charge in [-0.1, -0.05) is 6.07 Å². The third kappa shape index (κ3) is 4.60. The van der Waals surface area contributed by atoms with Crippen molar-refractivity contribution in [2.45, 2.75) is 13.3 Å². The standard InChI is InChI=1S/C18H21N3O7S2/c1-3-29(24,25)19-15-6-5-14(28-2)10-13(15)8-12-4-7-16(17(22)9-12)21-11-18(23)20-30(21,26)27/h4-7,9-10,19,22H,3,8,11H2,1-2H3,(H,20,23). The zero-order chi connectivity index (χ0) is 22.1. The fraction of sp³-hybridized carbons (Fsp3) is 0.278. The second-order valence-corrected chi connectivity index (χ2v) is 10.2. The molecule has 0 unspecified atom stereocenters. The number of sulfonamides is 1. The minimum absolute atomic E-state index is 0.0327. The zero-order valence-electron chi connectivity index (χ0n) is 16.2. The van der Waals surface area contributed by atoms with E-state index in [1.54, 1.807) is 24.3 Å². The van der Waals surface area contributed by atoms with Crippen LogP contribution in [0.2, 0.25) is 0 Å². The predicted octanol–water partition coefficient (Wildman–Crippen LogP) is 0.934. The van der Waals surface area contributed by atoms with Crippen LogP contribution in [0.5, 0.6) is 11.5 Å². The molecule has 1 aliphatic heterocycles. The van der Waals surface area contributed by atoms with E-state index < -0.39 is 32.7 Å². The molecule has 1 aliphatic rings. The number of hydrogen-bond donors (Lipinski definition) is 3. The molecule has 0 radical (unpaired) electrons. The number of methoxy groups -OCH3 is 1. The highest BCUT2D eigenvalue weighted by molar-refractivity contribution is 7.92. The highest BCUT2D eigenvalue weighted by Crippen LogP contribution is 2.33. The van der Waals surface area contributed by atoms with Crippen LogP contribution in [-0.2, 0) is 31.4 Å². The van der Waals surface area contributed by atoms with Crippen molar-refractivity contribution in [3.8, 4) is 11.5 Å². The van der Waals surface area contributed by atoms with Gasteiger partial charge in [-0.2, -0.15) is 8.42 Å². The highest BCUT2D eigenvalue weighted by Gasteiger charge is 2.35. The molecular weight excluding hydrogens is 434 g/mol. The molecule has 30 heavy (non-hydrogen) atoms. The topological polar surface area (TPSA) is 142 Å². The monoisotopic (exact) mass is 455 g/mol. The molecule has 0 aliphatic carbocycles. The van der Waals surface area contributed by atoms with E-state index in [9.17, 15) is 26.7 Å². The lowest BCUT2D eigenvalue weighted by molar-refractivity contribution is -0.117. The van der Waals surface area contributed by atoms with Crippen molar-refractivity contribution in [1.82, 2.24) is 4.72 Å². The summed E-state index contributed by atoms with van der Waals surface area (Å²) in [5.41, 5.74) is 1.54. The van der Waals surface area contributed by atoms with Gasteiger partial charge in [0.2, 0.25) is 10.0 Å². The van der Waals surface area contributed by atoms with Crippen LogP contribution in [0.3, 0.4) is 0 Å². The summed E-state index contributed by atoms with van der Waals surface area (Å²) in [6.45, 7) is 1.10. The van der Waals surface area contributed by atoms with E-state index in [0.29, 0.717) is 22.6 Å². The number of phenols is 1. The second kappa shape index (κ2) is 8.03. The number of aromatic hydroxyl groups is 1. The molecule has 2 aromatic rings. The van der Waals surface area contributed by atoms with Crippen LogP contribution >= 0.6 is 0 Å². The van der Waals surface area contributed by atoms with Crippen molar-refractivity contribution < 1.29 is 31.5 Å². The first-order chi connectivity index (χ1) is 14.0. The Kier molecular flexibility index (Phi) is 5.81. The first-order valence-electron chi connectivity index (χ1n) is 8.87. The SMILES string of the molecule is CCS(=O)(=O)Nc1ccc(OC)cc1Cc1ccc(N2CC(=O)NS2(=O)=O)c(O)c1. The van der Waals surface area contributed by atoms with Gasteiger partial charge in [-0.05, 0) is 54.8 Å². The van der Waals surface area contributed by atoms with Crippen LogP contribution < -0.4 is 18.5 Å². The minimum atomic E-state index is -4.04. The number of rotatable bonds is 7. The van der Waals surface area contributed by atoms with Crippen LogP contribution in [0, 0.1) is 0 Å². The molecule has 0 saturated carbocycles. The number of hydrogen-bond acceptors (Lipinski definition) is 7. The van der Waals surface area contributed by atoms with E-state index in [1.165, 1.54) is 26.2 Å². The van der Waals surface area contributed by atoms with Crippen LogP contribution in [0.1, 0.15) is 18.1 Å². The molecule has 162 valence electrons. The quantitative estimate of drug-likeness (QED) is 0.564. The summed E-state index contributed by atoms with van der Waals surface area (Å²) in [6.07, 6.45) is 0.233. The summed E-state index contributed by atoms with van der Waals surface area (Å²) >= 11 is 0. The molecule has 3 N–H and O–H groups in total. The first-order valence-corrected chi connectivity index (χ1v) is 12.0. The number of nitrogens with one attached hydrogen (secondary N) is 2. The summed E-state index contributed by atoms with van der Waals surface area (Å²) in [7, 11) is -6.06. The van der Waals surface area contributed by atoms with Crippen LogP contribution in [-0.4, -0.2) is 47.3 Å². The Balaban J connectivity index is 1.93. The van der Waals surface area contributed by atoms with Crippen LogP contribution in [0.4, 0.5) is 11.4 Å². The summed E-state index contributed by atoms with van der Waals surface area (Å²) in [6, 6.07) is 9.23. The maximum atomic E-state index is 12.0. The van der Waals surface area contributed by atoms with Crippen molar-refractivity contribution in [3.63, 3.8) is 0 Å². The maximum Gasteiger partial charge on any atom is 0.326 e. The summed E-state index contributed by atoms with van der Waals surface area (Å²) < 4.78 is 58.3. The molecule has 1 saturated heterocycles. The number of phenolic OH excluding ortho intramolecular Hbond substituents is 1. The summed E-state index contributed by atoms with van der Waals surface area (Å²) in [4.78, 5) is 11.4. The lowest BCUT2D eigenvalue weighted by Gasteiger charge is -2.17. The smallest absolute Gasteiger partial charge is 0.326 e. The van der Waals surface area contributed by atoms with E-state index in [2.05, 4.69) is 4.72 Å². The Hall–Kier alpha value is -2.99. The van der Waals surface area contributed by atoms with Gasteiger partial charge in [0.05, 0.1) is 24.2 Å².